The third kappa shape index (κ3) is 6.05. The normalized spacial score (nSPS) is 12.3. The van der Waals surface area contributed by atoms with E-state index in [9.17, 15) is 4.79 Å². The molecule has 0 radical (unpaired) electrons. The minimum Gasteiger partial charge on any atom is -0.444 e. The summed E-state index contributed by atoms with van der Waals surface area (Å²) in [5, 5.41) is 6.41. The van der Waals surface area contributed by atoms with Gasteiger partial charge in [0.25, 0.3) is 0 Å². The number of aromatic amines is 1. The highest BCUT2D eigenvalue weighted by molar-refractivity contribution is 5.68. The van der Waals surface area contributed by atoms with E-state index in [2.05, 4.69) is 34.4 Å². The highest BCUT2D eigenvalue weighted by Gasteiger charge is 2.30. The first-order chi connectivity index (χ1) is 10.2. The second kappa shape index (κ2) is 7.63. The van der Waals surface area contributed by atoms with Crippen LogP contribution >= 0.6 is 0 Å². The summed E-state index contributed by atoms with van der Waals surface area (Å²) in [7, 11) is 0. The summed E-state index contributed by atoms with van der Waals surface area (Å²) in [4.78, 5) is 19.4. The van der Waals surface area contributed by atoms with Crippen LogP contribution in [-0.2, 0) is 11.3 Å². The third-order valence-electron chi connectivity index (χ3n) is 3.65. The largest absolute Gasteiger partial charge is 0.444 e. The first-order valence-corrected chi connectivity index (χ1v) is 7.92. The second-order valence-electron chi connectivity index (χ2n) is 6.71. The van der Waals surface area contributed by atoms with E-state index < -0.39 is 5.60 Å². The zero-order valence-corrected chi connectivity index (χ0v) is 14.7. The number of amides is 1. The van der Waals surface area contributed by atoms with E-state index in [0.717, 1.165) is 24.4 Å². The monoisotopic (exact) mass is 310 g/mol. The number of rotatable bonds is 7. The van der Waals surface area contributed by atoms with Gasteiger partial charge in [-0.05, 0) is 40.5 Å². The van der Waals surface area contributed by atoms with Crippen molar-refractivity contribution in [1.29, 1.82) is 0 Å². The SMILES string of the molecule is CCC(CC)(CNCc1cnc(C)[nH]1)NC(=O)OC(C)(C)C. The van der Waals surface area contributed by atoms with E-state index in [0.29, 0.717) is 13.1 Å². The highest BCUT2D eigenvalue weighted by Crippen LogP contribution is 2.16. The Balaban J connectivity index is 2.56. The van der Waals surface area contributed by atoms with Crippen molar-refractivity contribution in [3.8, 4) is 0 Å². The molecule has 0 saturated heterocycles. The molecule has 1 heterocycles. The maximum Gasteiger partial charge on any atom is 0.408 e. The number of H-pyrrole nitrogens is 1. The van der Waals surface area contributed by atoms with Gasteiger partial charge in [0, 0.05) is 25.0 Å². The Morgan fingerprint density at radius 1 is 1.32 bits per heavy atom. The number of ether oxygens (including phenoxy) is 1. The van der Waals surface area contributed by atoms with Crippen LogP contribution in [0.5, 0.6) is 0 Å². The Hall–Kier alpha value is -1.56. The molecule has 0 aliphatic heterocycles. The number of aryl methyl sites for hydroxylation is 1. The van der Waals surface area contributed by atoms with Gasteiger partial charge < -0.3 is 20.4 Å². The molecular weight excluding hydrogens is 280 g/mol. The first-order valence-electron chi connectivity index (χ1n) is 7.92. The van der Waals surface area contributed by atoms with Crippen LogP contribution < -0.4 is 10.6 Å². The van der Waals surface area contributed by atoms with Crippen molar-refractivity contribution < 1.29 is 9.53 Å². The van der Waals surface area contributed by atoms with E-state index in [1.54, 1.807) is 0 Å². The van der Waals surface area contributed by atoms with Crippen molar-refractivity contribution >= 4 is 6.09 Å². The fourth-order valence-electron chi connectivity index (χ4n) is 2.24. The second-order valence-corrected chi connectivity index (χ2v) is 6.71. The van der Waals surface area contributed by atoms with Crippen LogP contribution in [0.2, 0.25) is 0 Å². The summed E-state index contributed by atoms with van der Waals surface area (Å²) in [6.07, 6.45) is 3.12. The van der Waals surface area contributed by atoms with Crippen LogP contribution in [0.25, 0.3) is 0 Å². The summed E-state index contributed by atoms with van der Waals surface area (Å²) in [6.45, 7) is 13.0. The van der Waals surface area contributed by atoms with Crippen molar-refractivity contribution in [3.63, 3.8) is 0 Å². The maximum absolute atomic E-state index is 12.1. The molecule has 6 heteroatoms. The number of carbonyl (C=O) groups excluding carboxylic acids is 1. The van der Waals surface area contributed by atoms with Crippen molar-refractivity contribution in [1.82, 2.24) is 20.6 Å². The molecule has 1 aromatic rings. The molecule has 0 bridgehead atoms. The van der Waals surface area contributed by atoms with Gasteiger partial charge in [0.2, 0.25) is 0 Å². The molecular formula is C16H30N4O2. The maximum atomic E-state index is 12.1. The molecule has 0 aliphatic rings. The summed E-state index contributed by atoms with van der Waals surface area (Å²) < 4.78 is 5.37. The Labute approximate surface area is 133 Å². The lowest BCUT2D eigenvalue weighted by molar-refractivity contribution is 0.0446. The molecule has 0 unspecified atom stereocenters. The fourth-order valence-corrected chi connectivity index (χ4v) is 2.24. The standard InChI is InChI=1S/C16H30N4O2/c1-7-16(8-2,20-14(21)22-15(4,5)6)11-17-9-13-10-18-12(3)19-13/h10,17H,7-9,11H2,1-6H3,(H,18,19)(H,20,21). The number of hydrogen-bond acceptors (Lipinski definition) is 4. The molecule has 1 rings (SSSR count). The Morgan fingerprint density at radius 2 is 1.95 bits per heavy atom. The summed E-state index contributed by atoms with van der Waals surface area (Å²) in [5.41, 5.74) is 0.242. The number of hydrogen-bond donors (Lipinski definition) is 3. The van der Waals surface area contributed by atoms with Crippen molar-refractivity contribution in [3.05, 3.63) is 17.7 Å². The number of alkyl carbamates (subject to hydrolysis) is 1. The van der Waals surface area contributed by atoms with E-state index in [1.165, 1.54) is 0 Å². The molecule has 0 fully saturated rings. The Morgan fingerprint density at radius 3 is 2.41 bits per heavy atom. The van der Waals surface area contributed by atoms with Crippen LogP contribution in [0.15, 0.2) is 6.20 Å². The van der Waals surface area contributed by atoms with Gasteiger partial charge in [0.1, 0.15) is 11.4 Å². The molecule has 6 nitrogen and oxygen atoms in total. The van der Waals surface area contributed by atoms with Crippen LogP contribution in [0, 0.1) is 6.92 Å². The third-order valence-corrected chi connectivity index (χ3v) is 3.65. The van der Waals surface area contributed by atoms with Crippen molar-refractivity contribution in [2.45, 2.75) is 72.1 Å². The lowest BCUT2D eigenvalue weighted by Crippen LogP contribution is -2.55. The lowest BCUT2D eigenvalue weighted by Gasteiger charge is -2.34. The van der Waals surface area contributed by atoms with Gasteiger partial charge in [-0.15, -0.1) is 0 Å². The minimum absolute atomic E-state index is 0.308. The molecule has 22 heavy (non-hydrogen) atoms. The molecule has 126 valence electrons. The van der Waals surface area contributed by atoms with E-state index in [-0.39, 0.29) is 11.6 Å². The first kappa shape index (κ1) is 18.5. The lowest BCUT2D eigenvalue weighted by atomic mass is 9.93. The van der Waals surface area contributed by atoms with Gasteiger partial charge in [-0.25, -0.2) is 9.78 Å². The number of carbonyl (C=O) groups is 1. The van der Waals surface area contributed by atoms with E-state index in [4.69, 9.17) is 4.74 Å². The summed E-state index contributed by atoms with van der Waals surface area (Å²) in [6, 6.07) is 0. The van der Waals surface area contributed by atoms with Crippen LogP contribution in [0.3, 0.4) is 0 Å². The Bertz CT molecular complexity index is 473. The molecule has 0 atom stereocenters. The fraction of sp³-hybridized carbons (Fsp3) is 0.750. The van der Waals surface area contributed by atoms with Gasteiger partial charge in [-0.1, -0.05) is 13.8 Å². The molecule has 1 aromatic heterocycles. The number of nitrogens with one attached hydrogen (secondary N) is 3. The van der Waals surface area contributed by atoms with Gasteiger partial charge in [-0.3, -0.25) is 0 Å². The predicted molar refractivity (Wildman–Crippen MR) is 87.7 cm³/mol. The molecule has 0 aromatic carbocycles. The van der Waals surface area contributed by atoms with Crippen molar-refractivity contribution in [2.75, 3.05) is 6.54 Å². The summed E-state index contributed by atoms with van der Waals surface area (Å²) >= 11 is 0. The topological polar surface area (TPSA) is 79.0 Å². The van der Waals surface area contributed by atoms with E-state index >= 15 is 0 Å². The average Bonchev–Trinajstić information content (AvgIpc) is 2.81. The zero-order valence-electron chi connectivity index (χ0n) is 14.7. The number of nitrogens with zero attached hydrogens (tertiary/aromatic N) is 1. The number of imidazole rings is 1. The van der Waals surface area contributed by atoms with Gasteiger partial charge in [-0.2, -0.15) is 0 Å². The van der Waals surface area contributed by atoms with Gasteiger partial charge in [0.15, 0.2) is 0 Å². The number of aromatic nitrogens is 2. The van der Waals surface area contributed by atoms with Crippen LogP contribution in [0.1, 0.15) is 59.0 Å². The summed E-state index contributed by atoms with van der Waals surface area (Å²) in [5.74, 6) is 0.904. The molecule has 3 N–H and O–H groups in total. The van der Waals surface area contributed by atoms with Crippen LogP contribution in [0.4, 0.5) is 4.79 Å². The van der Waals surface area contributed by atoms with E-state index in [1.807, 2.05) is 33.9 Å². The van der Waals surface area contributed by atoms with Gasteiger partial charge >= 0.3 is 6.09 Å². The quantitative estimate of drug-likeness (QED) is 0.723. The molecule has 0 aliphatic carbocycles. The zero-order chi connectivity index (χ0) is 16.8. The molecule has 0 saturated carbocycles. The molecule has 0 spiro atoms. The average molecular weight is 310 g/mol. The minimum atomic E-state index is -0.488. The molecule has 1 amide bonds. The van der Waals surface area contributed by atoms with Crippen LogP contribution in [-0.4, -0.2) is 33.7 Å². The highest BCUT2D eigenvalue weighted by atomic mass is 16.6. The Kier molecular flexibility index (Phi) is 6.41. The predicted octanol–water partition coefficient (Wildman–Crippen LogP) is 2.89. The van der Waals surface area contributed by atoms with Crippen molar-refractivity contribution in [2.24, 2.45) is 0 Å². The van der Waals surface area contributed by atoms with Gasteiger partial charge in [0.05, 0.1) is 5.54 Å². The smallest absolute Gasteiger partial charge is 0.408 e.